The van der Waals surface area contributed by atoms with Crippen molar-refractivity contribution < 1.29 is 4.79 Å². The van der Waals surface area contributed by atoms with Crippen LogP contribution in [0.3, 0.4) is 0 Å². The van der Waals surface area contributed by atoms with Crippen LogP contribution in [-0.2, 0) is 0 Å². The quantitative estimate of drug-likeness (QED) is 0.645. The van der Waals surface area contributed by atoms with Gasteiger partial charge in [-0.15, -0.1) is 0 Å². The van der Waals surface area contributed by atoms with Gasteiger partial charge in [-0.25, -0.2) is 0 Å². The lowest BCUT2D eigenvalue weighted by atomic mass is 10.0. The van der Waals surface area contributed by atoms with Crippen LogP contribution in [0.1, 0.15) is 29.3 Å². The normalized spacial score (nSPS) is 14.2. The Kier molecular flexibility index (Phi) is 2.32. The first-order chi connectivity index (χ1) is 6.77. The van der Waals surface area contributed by atoms with Crippen molar-refractivity contribution in [1.82, 2.24) is 0 Å². The topological polar surface area (TPSA) is 17.1 Å². The largest absolute Gasteiger partial charge is 0.295 e. The summed E-state index contributed by atoms with van der Waals surface area (Å²) in [5.74, 6) is 0.124. The standard InChI is InChI=1S/C13H12O/c1-10(14)12-7-4-8-13(9-12)11-5-2-3-6-11/h2-5,7-9H,6H2,1H3. The van der Waals surface area contributed by atoms with Crippen LogP contribution >= 0.6 is 0 Å². The van der Waals surface area contributed by atoms with E-state index in [1.807, 2.05) is 24.3 Å². The third-order valence-electron chi connectivity index (χ3n) is 2.41. The maximum atomic E-state index is 11.2. The van der Waals surface area contributed by atoms with Gasteiger partial charge >= 0.3 is 0 Å². The SMILES string of the molecule is CC(=O)c1cccc(C2=CC=CC2)c1. The smallest absolute Gasteiger partial charge is 0.159 e. The summed E-state index contributed by atoms with van der Waals surface area (Å²) in [6, 6.07) is 7.80. The van der Waals surface area contributed by atoms with Crippen molar-refractivity contribution in [1.29, 1.82) is 0 Å². The molecule has 1 heteroatoms. The predicted octanol–water partition coefficient (Wildman–Crippen LogP) is 3.23. The van der Waals surface area contributed by atoms with Crippen LogP contribution in [0.15, 0.2) is 42.5 Å². The highest BCUT2D eigenvalue weighted by molar-refractivity contribution is 5.95. The minimum atomic E-state index is 0.124. The van der Waals surface area contributed by atoms with Crippen molar-refractivity contribution in [3.8, 4) is 0 Å². The van der Waals surface area contributed by atoms with Crippen LogP contribution in [0.2, 0.25) is 0 Å². The minimum absolute atomic E-state index is 0.124. The van der Waals surface area contributed by atoms with E-state index in [0.29, 0.717) is 0 Å². The number of ketones is 1. The van der Waals surface area contributed by atoms with Gasteiger partial charge in [0.1, 0.15) is 0 Å². The van der Waals surface area contributed by atoms with Crippen molar-refractivity contribution in [3.63, 3.8) is 0 Å². The fourth-order valence-corrected chi connectivity index (χ4v) is 1.60. The van der Waals surface area contributed by atoms with Crippen LogP contribution in [0.4, 0.5) is 0 Å². The maximum Gasteiger partial charge on any atom is 0.159 e. The number of hydrogen-bond donors (Lipinski definition) is 0. The second kappa shape index (κ2) is 3.62. The molecule has 1 aromatic rings. The molecule has 0 fully saturated rings. The Morgan fingerprint density at radius 3 is 2.86 bits per heavy atom. The molecule has 0 N–H and O–H groups in total. The maximum absolute atomic E-state index is 11.2. The van der Waals surface area contributed by atoms with Crippen molar-refractivity contribution in [2.75, 3.05) is 0 Å². The zero-order valence-corrected chi connectivity index (χ0v) is 8.16. The average Bonchev–Trinajstić information content (AvgIpc) is 2.71. The highest BCUT2D eigenvalue weighted by Crippen LogP contribution is 2.23. The Morgan fingerprint density at radius 2 is 2.21 bits per heavy atom. The Labute approximate surface area is 83.8 Å². The monoisotopic (exact) mass is 184 g/mol. The highest BCUT2D eigenvalue weighted by atomic mass is 16.1. The summed E-state index contributed by atoms with van der Waals surface area (Å²) in [4.78, 5) is 11.2. The van der Waals surface area contributed by atoms with Crippen molar-refractivity contribution >= 4 is 11.4 Å². The zero-order valence-electron chi connectivity index (χ0n) is 8.16. The number of benzene rings is 1. The second-order valence-corrected chi connectivity index (χ2v) is 3.46. The van der Waals surface area contributed by atoms with Crippen LogP contribution in [0.5, 0.6) is 0 Å². The molecule has 0 saturated carbocycles. The molecule has 1 nitrogen and oxygen atoms in total. The molecule has 0 radical (unpaired) electrons. The van der Waals surface area contributed by atoms with E-state index in [9.17, 15) is 4.79 Å². The fourth-order valence-electron chi connectivity index (χ4n) is 1.60. The average molecular weight is 184 g/mol. The third kappa shape index (κ3) is 1.67. The Bertz CT molecular complexity index is 425. The van der Waals surface area contributed by atoms with Crippen molar-refractivity contribution in [2.24, 2.45) is 0 Å². The number of rotatable bonds is 2. The van der Waals surface area contributed by atoms with E-state index in [2.05, 4.69) is 18.2 Å². The molecule has 70 valence electrons. The molecule has 1 aliphatic rings. The van der Waals surface area contributed by atoms with Crippen LogP contribution < -0.4 is 0 Å². The molecule has 0 amide bonds. The van der Waals surface area contributed by atoms with Gasteiger partial charge < -0.3 is 0 Å². The molecular weight excluding hydrogens is 172 g/mol. The van der Waals surface area contributed by atoms with Gasteiger partial charge in [0.15, 0.2) is 5.78 Å². The summed E-state index contributed by atoms with van der Waals surface area (Å²) in [5.41, 5.74) is 3.23. The van der Waals surface area contributed by atoms with Gasteiger partial charge in [0.05, 0.1) is 0 Å². The molecule has 0 bridgehead atoms. The van der Waals surface area contributed by atoms with E-state index < -0.39 is 0 Å². The van der Waals surface area contributed by atoms with E-state index in [1.54, 1.807) is 6.92 Å². The lowest BCUT2D eigenvalue weighted by Gasteiger charge is -2.03. The minimum Gasteiger partial charge on any atom is -0.295 e. The van der Waals surface area contributed by atoms with Crippen LogP contribution in [-0.4, -0.2) is 5.78 Å². The molecular formula is C13H12O. The summed E-state index contributed by atoms with van der Waals surface area (Å²) in [7, 11) is 0. The number of carbonyl (C=O) groups is 1. The highest BCUT2D eigenvalue weighted by Gasteiger charge is 2.05. The molecule has 1 aromatic carbocycles. The lowest BCUT2D eigenvalue weighted by Crippen LogP contribution is -1.92. The molecule has 14 heavy (non-hydrogen) atoms. The van der Waals surface area contributed by atoms with Crippen molar-refractivity contribution in [2.45, 2.75) is 13.3 Å². The van der Waals surface area contributed by atoms with E-state index in [4.69, 9.17) is 0 Å². The van der Waals surface area contributed by atoms with Gasteiger partial charge in [-0.1, -0.05) is 36.4 Å². The summed E-state index contributed by atoms with van der Waals surface area (Å²) in [6.45, 7) is 1.60. The van der Waals surface area contributed by atoms with Gasteiger partial charge in [0.2, 0.25) is 0 Å². The number of allylic oxidation sites excluding steroid dienone is 4. The predicted molar refractivity (Wildman–Crippen MR) is 58.2 cm³/mol. The van der Waals surface area contributed by atoms with Crippen LogP contribution in [0, 0.1) is 0 Å². The van der Waals surface area contributed by atoms with Gasteiger partial charge in [-0.05, 0) is 30.5 Å². The molecule has 0 saturated heterocycles. The molecule has 1 aliphatic carbocycles. The fraction of sp³-hybridized carbons (Fsp3) is 0.154. The summed E-state index contributed by atoms with van der Waals surface area (Å²) in [5, 5.41) is 0. The van der Waals surface area contributed by atoms with Crippen LogP contribution in [0.25, 0.3) is 5.57 Å². The van der Waals surface area contributed by atoms with E-state index in [0.717, 1.165) is 17.5 Å². The molecule has 2 rings (SSSR count). The summed E-state index contributed by atoms with van der Waals surface area (Å²) < 4.78 is 0. The van der Waals surface area contributed by atoms with Gasteiger partial charge in [0, 0.05) is 5.56 Å². The summed E-state index contributed by atoms with van der Waals surface area (Å²) in [6.07, 6.45) is 7.24. The molecule has 0 unspecified atom stereocenters. The Balaban J connectivity index is 2.35. The molecule has 0 aromatic heterocycles. The number of carbonyl (C=O) groups excluding carboxylic acids is 1. The lowest BCUT2D eigenvalue weighted by molar-refractivity contribution is 0.101. The van der Waals surface area contributed by atoms with Gasteiger partial charge in [-0.2, -0.15) is 0 Å². The Hall–Kier alpha value is -1.63. The zero-order chi connectivity index (χ0) is 9.97. The molecule has 0 aliphatic heterocycles. The van der Waals surface area contributed by atoms with Gasteiger partial charge in [-0.3, -0.25) is 4.79 Å². The van der Waals surface area contributed by atoms with E-state index in [-0.39, 0.29) is 5.78 Å². The number of Topliss-reactive ketones (excluding diaryl/α,β-unsaturated/α-hetero) is 1. The molecule has 0 atom stereocenters. The van der Waals surface area contributed by atoms with E-state index >= 15 is 0 Å². The molecule has 0 heterocycles. The first kappa shape index (κ1) is 8.95. The Morgan fingerprint density at radius 1 is 1.36 bits per heavy atom. The number of hydrogen-bond acceptors (Lipinski definition) is 1. The first-order valence-electron chi connectivity index (χ1n) is 4.74. The first-order valence-corrected chi connectivity index (χ1v) is 4.74. The second-order valence-electron chi connectivity index (χ2n) is 3.46. The van der Waals surface area contributed by atoms with Crippen molar-refractivity contribution in [3.05, 3.63) is 53.6 Å². The molecule has 0 spiro atoms. The summed E-state index contributed by atoms with van der Waals surface area (Å²) >= 11 is 0. The van der Waals surface area contributed by atoms with Gasteiger partial charge in [0.25, 0.3) is 0 Å². The third-order valence-corrected chi connectivity index (χ3v) is 2.41. The van der Waals surface area contributed by atoms with E-state index in [1.165, 1.54) is 5.57 Å².